The van der Waals surface area contributed by atoms with Crippen molar-refractivity contribution in [2.45, 2.75) is 77.3 Å². The van der Waals surface area contributed by atoms with Gasteiger partial charge in [0.15, 0.2) is 7.38 Å². The lowest BCUT2D eigenvalue weighted by atomic mass is 10.1. The molecule has 1 nitrogen and oxygen atoms in total. The molecule has 4 heteroatoms. The van der Waals surface area contributed by atoms with Crippen molar-refractivity contribution in [3.05, 3.63) is 0 Å². The quantitative estimate of drug-likeness (QED) is 0.215. The minimum absolute atomic E-state index is 0.483. The Morgan fingerprint density at radius 2 is 1.65 bits per heavy atom. The van der Waals surface area contributed by atoms with Gasteiger partial charge in [0.05, 0.1) is 0 Å². The molecule has 0 aromatic rings. The van der Waals surface area contributed by atoms with E-state index in [9.17, 15) is 0 Å². The van der Waals surface area contributed by atoms with E-state index < -0.39 is 7.38 Å². The number of rotatable bonds is 12. The first-order valence-corrected chi connectivity index (χ1v) is 14.1. The van der Waals surface area contributed by atoms with Crippen molar-refractivity contribution in [2.24, 2.45) is 0 Å². The summed E-state index contributed by atoms with van der Waals surface area (Å²) in [4.78, 5) is 0. The van der Waals surface area contributed by atoms with Gasteiger partial charge in [-0.25, -0.2) is 0 Å². The predicted molar refractivity (Wildman–Crippen MR) is 101 cm³/mol. The average molecular weight is 336 g/mol. The molecular weight excluding hydrogens is 302 g/mol. The molecule has 0 saturated carbocycles. The summed E-state index contributed by atoms with van der Waals surface area (Å²) in [6.45, 7) is 5.83. The fourth-order valence-corrected chi connectivity index (χ4v) is 10.9. The molecule has 1 aliphatic rings. The molecule has 0 aromatic carbocycles. The smallest absolute Gasteiger partial charge is 0.162 e. The van der Waals surface area contributed by atoms with Crippen LogP contribution in [0.2, 0.25) is 12.6 Å². The van der Waals surface area contributed by atoms with Crippen molar-refractivity contribution in [1.29, 1.82) is 0 Å². The van der Waals surface area contributed by atoms with Gasteiger partial charge in [0.25, 0.3) is 0 Å². The summed E-state index contributed by atoms with van der Waals surface area (Å²) >= 11 is 6.81. The van der Waals surface area contributed by atoms with Crippen LogP contribution in [0.25, 0.3) is 0 Å². The SMILES string of the molecule is CCCCCCCCCCC[Si](C)(Cl)CS1=CNCC1. The van der Waals surface area contributed by atoms with Crippen LogP contribution in [0.3, 0.4) is 0 Å². The molecule has 1 rings (SSSR count). The van der Waals surface area contributed by atoms with Gasteiger partial charge in [-0.2, -0.15) is 21.6 Å². The lowest BCUT2D eigenvalue weighted by Crippen LogP contribution is -2.27. The minimum atomic E-state index is -1.44. The fraction of sp³-hybridized carbons (Fsp3) is 0.938. The van der Waals surface area contributed by atoms with Gasteiger partial charge in [0.2, 0.25) is 0 Å². The van der Waals surface area contributed by atoms with Crippen LogP contribution in [0.15, 0.2) is 0 Å². The summed E-state index contributed by atoms with van der Waals surface area (Å²) in [7, 11) is -0.958. The zero-order valence-corrected chi connectivity index (χ0v) is 16.1. The molecule has 1 aliphatic heterocycles. The van der Waals surface area contributed by atoms with Gasteiger partial charge in [-0.05, 0) is 11.4 Å². The highest BCUT2D eigenvalue weighted by atomic mass is 35.6. The summed E-state index contributed by atoms with van der Waals surface area (Å²) in [5.41, 5.74) is 2.31. The molecule has 20 heavy (non-hydrogen) atoms. The third kappa shape index (κ3) is 9.59. The topological polar surface area (TPSA) is 12.0 Å². The first-order valence-electron chi connectivity index (χ1n) is 8.56. The molecule has 0 bridgehead atoms. The summed E-state index contributed by atoms with van der Waals surface area (Å²) in [6, 6.07) is 1.32. The van der Waals surface area contributed by atoms with Gasteiger partial charge in [0.1, 0.15) is 0 Å². The number of halogens is 1. The molecule has 0 fully saturated rings. The highest BCUT2D eigenvalue weighted by molar-refractivity contribution is 8.16. The number of hydrogen-bond acceptors (Lipinski definition) is 1. The van der Waals surface area contributed by atoms with Crippen molar-refractivity contribution in [3.63, 3.8) is 0 Å². The Bertz CT molecular complexity index is 282. The van der Waals surface area contributed by atoms with Crippen LogP contribution in [-0.2, 0) is 0 Å². The van der Waals surface area contributed by atoms with Crippen molar-refractivity contribution in [1.82, 2.24) is 5.32 Å². The van der Waals surface area contributed by atoms with Crippen molar-refractivity contribution in [2.75, 3.05) is 17.7 Å². The second-order valence-corrected chi connectivity index (χ2v) is 15.4. The average Bonchev–Trinajstić information content (AvgIpc) is 2.89. The maximum absolute atomic E-state index is 6.81. The van der Waals surface area contributed by atoms with Gasteiger partial charge in [-0.15, -0.1) is 0 Å². The third-order valence-electron chi connectivity index (χ3n) is 4.05. The van der Waals surface area contributed by atoms with Gasteiger partial charge in [-0.3, -0.25) is 5.32 Å². The van der Waals surface area contributed by atoms with E-state index in [1.807, 2.05) is 0 Å². The monoisotopic (exact) mass is 335 g/mol. The Balaban J connectivity index is 1.94. The zero-order valence-electron chi connectivity index (χ0n) is 13.6. The summed E-state index contributed by atoms with van der Waals surface area (Å²) in [5, 5.41) is 4.65. The van der Waals surface area contributed by atoms with Crippen molar-refractivity contribution >= 4 is 34.4 Å². The second kappa shape index (κ2) is 11.3. The number of unbranched alkanes of at least 4 members (excludes halogenated alkanes) is 8. The van der Waals surface area contributed by atoms with Crippen molar-refractivity contribution < 1.29 is 0 Å². The number of nitrogens with one attached hydrogen (secondary N) is 1. The lowest BCUT2D eigenvalue weighted by molar-refractivity contribution is 0.571. The van der Waals surface area contributed by atoms with Crippen LogP contribution in [0.5, 0.6) is 0 Å². The molecule has 2 unspecified atom stereocenters. The number of hydrogen-bond donors (Lipinski definition) is 1. The molecule has 1 heterocycles. The van der Waals surface area contributed by atoms with Crippen LogP contribution >= 0.6 is 21.6 Å². The standard InChI is InChI=1S/C16H34ClNSSi/c1-3-4-5-6-7-8-9-10-11-14-20(2,17)16-19-13-12-18-15-19/h15,18H,3-14,16H2,1-2H3. The Kier molecular flexibility index (Phi) is 10.6. The molecule has 0 amide bonds. The van der Waals surface area contributed by atoms with E-state index in [1.165, 1.54) is 81.5 Å². The third-order valence-corrected chi connectivity index (χ3v) is 12.1. The molecule has 1 N–H and O–H groups in total. The van der Waals surface area contributed by atoms with Gasteiger partial charge >= 0.3 is 0 Å². The molecule has 0 radical (unpaired) electrons. The Labute approximate surface area is 134 Å². The second-order valence-electron chi connectivity index (χ2n) is 6.45. The molecule has 0 aromatic heterocycles. The Hall–Kier alpha value is 0.687. The van der Waals surface area contributed by atoms with Crippen LogP contribution in [0.4, 0.5) is 0 Å². The van der Waals surface area contributed by atoms with E-state index >= 15 is 0 Å². The maximum atomic E-state index is 6.81. The van der Waals surface area contributed by atoms with E-state index in [4.69, 9.17) is 11.1 Å². The Morgan fingerprint density at radius 1 is 1.05 bits per heavy atom. The Morgan fingerprint density at radius 3 is 2.20 bits per heavy atom. The normalized spacial score (nSPS) is 21.6. The maximum Gasteiger partial charge on any atom is 0.162 e. The molecule has 0 saturated heterocycles. The van der Waals surface area contributed by atoms with E-state index in [1.54, 1.807) is 0 Å². The van der Waals surface area contributed by atoms with Gasteiger partial charge < -0.3 is 0 Å². The molecule has 2 atom stereocenters. The fourth-order valence-electron chi connectivity index (χ4n) is 2.80. The van der Waals surface area contributed by atoms with E-state index in [2.05, 4.69) is 24.3 Å². The summed E-state index contributed by atoms with van der Waals surface area (Å²) in [5.74, 6) is 1.33. The van der Waals surface area contributed by atoms with Crippen LogP contribution in [0.1, 0.15) is 64.7 Å². The van der Waals surface area contributed by atoms with Gasteiger partial charge in [-0.1, -0.05) is 71.3 Å². The summed E-state index contributed by atoms with van der Waals surface area (Å²) in [6.07, 6.45) is 12.7. The lowest BCUT2D eigenvalue weighted by Gasteiger charge is -2.20. The largest absolute Gasteiger partial charge is 0.289 e. The summed E-state index contributed by atoms with van der Waals surface area (Å²) < 4.78 is 0. The van der Waals surface area contributed by atoms with E-state index in [0.717, 1.165) is 0 Å². The van der Waals surface area contributed by atoms with Gasteiger partial charge in [0, 0.05) is 17.8 Å². The first-order chi connectivity index (χ1) is 9.64. The first kappa shape index (κ1) is 18.7. The van der Waals surface area contributed by atoms with E-state index in [-0.39, 0.29) is 0 Å². The minimum Gasteiger partial charge on any atom is -0.289 e. The molecule has 0 aliphatic carbocycles. The molecular formula is C16H34ClNSSi. The van der Waals surface area contributed by atoms with Crippen LogP contribution in [-0.4, -0.2) is 30.5 Å². The highest BCUT2D eigenvalue weighted by Gasteiger charge is 2.25. The van der Waals surface area contributed by atoms with Crippen LogP contribution < -0.4 is 5.32 Å². The zero-order chi connectivity index (χ0) is 14.7. The molecule has 0 spiro atoms. The highest BCUT2D eigenvalue weighted by Crippen LogP contribution is 2.28. The van der Waals surface area contributed by atoms with Crippen LogP contribution in [0, 0.1) is 0 Å². The predicted octanol–water partition coefficient (Wildman–Crippen LogP) is 5.50. The van der Waals surface area contributed by atoms with Crippen molar-refractivity contribution in [3.8, 4) is 0 Å². The molecule has 120 valence electrons. The van der Waals surface area contributed by atoms with E-state index in [0.29, 0.717) is 10.5 Å².